The number of amides is 1. The maximum atomic E-state index is 14.0. The Labute approximate surface area is 188 Å². The zero-order chi connectivity index (χ0) is 19.9. The SMILES string of the molecule is CCNC(=NCC(=O)N1CCCCC1)N1CCN(c2cc(F)ccc2F)CC1.I. The van der Waals surface area contributed by atoms with Crippen molar-refractivity contribution in [3.8, 4) is 0 Å². The summed E-state index contributed by atoms with van der Waals surface area (Å²) in [5, 5.41) is 3.24. The van der Waals surface area contributed by atoms with Gasteiger partial charge in [-0.05, 0) is 38.3 Å². The molecule has 6 nitrogen and oxygen atoms in total. The van der Waals surface area contributed by atoms with Gasteiger partial charge in [0.2, 0.25) is 5.91 Å². The molecule has 2 fully saturated rings. The van der Waals surface area contributed by atoms with Crippen LogP contribution < -0.4 is 10.2 Å². The molecule has 0 bridgehead atoms. The number of guanidine groups is 1. The smallest absolute Gasteiger partial charge is 0.244 e. The molecule has 0 unspecified atom stereocenters. The second kappa shape index (κ2) is 11.5. The van der Waals surface area contributed by atoms with Crippen LogP contribution in [-0.4, -0.2) is 74.0 Å². The van der Waals surface area contributed by atoms with Gasteiger partial charge in [-0.1, -0.05) is 0 Å². The molecule has 0 aromatic heterocycles. The molecule has 2 saturated heterocycles. The fraction of sp³-hybridized carbons (Fsp3) is 0.600. The van der Waals surface area contributed by atoms with E-state index in [0.717, 1.165) is 38.1 Å². The Morgan fingerprint density at radius 2 is 1.72 bits per heavy atom. The summed E-state index contributed by atoms with van der Waals surface area (Å²) >= 11 is 0. The highest BCUT2D eigenvalue weighted by atomic mass is 127. The minimum absolute atomic E-state index is 0. The lowest BCUT2D eigenvalue weighted by atomic mass is 10.1. The summed E-state index contributed by atoms with van der Waals surface area (Å²) in [7, 11) is 0. The number of rotatable bonds is 4. The van der Waals surface area contributed by atoms with Gasteiger partial charge in [-0.25, -0.2) is 13.8 Å². The average molecular weight is 521 g/mol. The molecule has 0 radical (unpaired) electrons. The Morgan fingerprint density at radius 1 is 1.03 bits per heavy atom. The zero-order valence-corrected chi connectivity index (χ0v) is 19.2. The predicted octanol–water partition coefficient (Wildman–Crippen LogP) is 2.68. The van der Waals surface area contributed by atoms with E-state index < -0.39 is 11.6 Å². The molecule has 2 aliphatic rings. The first-order valence-electron chi connectivity index (χ1n) is 10.1. The first-order chi connectivity index (χ1) is 13.6. The van der Waals surface area contributed by atoms with E-state index in [9.17, 15) is 13.6 Å². The number of hydrogen-bond acceptors (Lipinski definition) is 3. The lowest BCUT2D eigenvalue weighted by Crippen LogP contribution is -2.53. The number of nitrogens with zero attached hydrogens (tertiary/aromatic N) is 4. The topological polar surface area (TPSA) is 51.2 Å². The lowest BCUT2D eigenvalue weighted by molar-refractivity contribution is -0.130. The predicted molar refractivity (Wildman–Crippen MR) is 122 cm³/mol. The molecule has 3 rings (SSSR count). The third-order valence-corrected chi connectivity index (χ3v) is 5.24. The van der Waals surface area contributed by atoms with Crippen LogP contribution in [0.1, 0.15) is 26.2 Å². The number of piperazine rings is 1. The van der Waals surface area contributed by atoms with Gasteiger partial charge in [-0.3, -0.25) is 4.79 Å². The second-order valence-electron chi connectivity index (χ2n) is 7.18. The molecule has 2 aliphatic heterocycles. The van der Waals surface area contributed by atoms with Crippen LogP contribution in [0.3, 0.4) is 0 Å². The van der Waals surface area contributed by atoms with Gasteiger partial charge in [-0.2, -0.15) is 0 Å². The van der Waals surface area contributed by atoms with Gasteiger partial charge >= 0.3 is 0 Å². The maximum Gasteiger partial charge on any atom is 0.244 e. The number of nitrogens with one attached hydrogen (secondary N) is 1. The van der Waals surface area contributed by atoms with Crippen LogP contribution in [0.5, 0.6) is 0 Å². The minimum atomic E-state index is -0.440. The van der Waals surface area contributed by atoms with Crippen molar-refractivity contribution in [3.63, 3.8) is 0 Å². The third kappa shape index (κ3) is 6.42. The van der Waals surface area contributed by atoms with E-state index in [4.69, 9.17) is 0 Å². The lowest BCUT2D eigenvalue weighted by Gasteiger charge is -2.37. The van der Waals surface area contributed by atoms with Crippen molar-refractivity contribution in [1.82, 2.24) is 15.1 Å². The van der Waals surface area contributed by atoms with Crippen LogP contribution in [0.15, 0.2) is 23.2 Å². The number of hydrogen-bond donors (Lipinski definition) is 1. The largest absolute Gasteiger partial charge is 0.366 e. The second-order valence-corrected chi connectivity index (χ2v) is 7.18. The highest BCUT2D eigenvalue weighted by Crippen LogP contribution is 2.22. The summed E-state index contributed by atoms with van der Waals surface area (Å²) in [6, 6.07) is 3.53. The van der Waals surface area contributed by atoms with Crippen molar-refractivity contribution in [1.29, 1.82) is 0 Å². The van der Waals surface area contributed by atoms with Crippen molar-refractivity contribution in [2.45, 2.75) is 26.2 Å². The standard InChI is InChI=1S/C20H29F2N5O.HI/c1-2-23-20(24-15-19(28)26-8-4-3-5-9-26)27-12-10-25(11-13-27)18-14-16(21)6-7-17(18)22;/h6-7,14H,2-5,8-13,15H2,1H3,(H,23,24);1H. The number of anilines is 1. The molecule has 0 atom stereocenters. The van der Waals surface area contributed by atoms with E-state index in [1.54, 1.807) is 0 Å². The van der Waals surface area contributed by atoms with Crippen molar-refractivity contribution in [2.24, 2.45) is 4.99 Å². The molecule has 1 aromatic carbocycles. The van der Waals surface area contributed by atoms with Gasteiger partial charge in [0.15, 0.2) is 5.96 Å². The molecule has 162 valence electrons. The highest BCUT2D eigenvalue weighted by Gasteiger charge is 2.23. The Morgan fingerprint density at radius 3 is 2.38 bits per heavy atom. The van der Waals surface area contributed by atoms with Gasteiger partial charge in [-0.15, -0.1) is 24.0 Å². The van der Waals surface area contributed by atoms with Gasteiger partial charge < -0.3 is 20.0 Å². The fourth-order valence-corrected chi connectivity index (χ4v) is 3.70. The molecule has 1 amide bonds. The highest BCUT2D eigenvalue weighted by molar-refractivity contribution is 14.0. The third-order valence-electron chi connectivity index (χ3n) is 5.24. The van der Waals surface area contributed by atoms with Crippen LogP contribution >= 0.6 is 24.0 Å². The van der Waals surface area contributed by atoms with E-state index in [1.165, 1.54) is 12.5 Å². The number of benzene rings is 1. The summed E-state index contributed by atoms with van der Waals surface area (Å²) < 4.78 is 27.5. The Hall–Kier alpha value is -1.65. The molecule has 0 saturated carbocycles. The van der Waals surface area contributed by atoms with Crippen LogP contribution in [0.4, 0.5) is 14.5 Å². The summed E-state index contributed by atoms with van der Waals surface area (Å²) in [5.74, 6) is -0.0877. The quantitative estimate of drug-likeness (QED) is 0.376. The number of carbonyl (C=O) groups excluding carboxylic acids is 1. The molecule has 0 spiro atoms. The van der Waals surface area contributed by atoms with Crippen molar-refractivity contribution < 1.29 is 13.6 Å². The summed E-state index contributed by atoms with van der Waals surface area (Å²) in [5.41, 5.74) is 0.293. The minimum Gasteiger partial charge on any atom is -0.366 e. The number of aliphatic imine (C=N–C) groups is 1. The number of halogens is 3. The number of piperidine rings is 1. The molecule has 1 aromatic rings. The zero-order valence-electron chi connectivity index (χ0n) is 16.9. The first-order valence-corrected chi connectivity index (χ1v) is 10.1. The van der Waals surface area contributed by atoms with E-state index in [0.29, 0.717) is 44.4 Å². The maximum absolute atomic E-state index is 14.0. The summed E-state index contributed by atoms with van der Waals surface area (Å²) in [6.45, 7) is 6.84. The molecular formula is C20H30F2IN5O. The van der Waals surface area contributed by atoms with Crippen LogP contribution in [0.25, 0.3) is 0 Å². The average Bonchev–Trinajstić information content (AvgIpc) is 2.73. The van der Waals surface area contributed by atoms with E-state index in [1.807, 2.05) is 16.7 Å². The Balaban J connectivity index is 0.00000300. The Bertz CT molecular complexity index is 704. The summed E-state index contributed by atoms with van der Waals surface area (Å²) in [6.07, 6.45) is 3.31. The van der Waals surface area contributed by atoms with Crippen molar-refractivity contribution in [3.05, 3.63) is 29.8 Å². The van der Waals surface area contributed by atoms with E-state index in [-0.39, 0.29) is 36.4 Å². The molecule has 2 heterocycles. The van der Waals surface area contributed by atoms with Gasteiger partial charge in [0, 0.05) is 51.9 Å². The van der Waals surface area contributed by atoms with Gasteiger partial charge in [0.05, 0.1) is 5.69 Å². The Kier molecular flexibility index (Phi) is 9.38. The van der Waals surface area contributed by atoms with Gasteiger partial charge in [0.25, 0.3) is 0 Å². The summed E-state index contributed by atoms with van der Waals surface area (Å²) in [4.78, 5) is 22.7. The molecule has 1 N–H and O–H groups in total. The van der Waals surface area contributed by atoms with E-state index >= 15 is 0 Å². The molecular weight excluding hydrogens is 491 g/mol. The van der Waals surface area contributed by atoms with Crippen LogP contribution in [-0.2, 0) is 4.79 Å². The monoisotopic (exact) mass is 521 g/mol. The van der Waals surface area contributed by atoms with Crippen LogP contribution in [0.2, 0.25) is 0 Å². The molecule has 9 heteroatoms. The first kappa shape index (κ1) is 23.6. The molecule has 0 aliphatic carbocycles. The van der Waals surface area contributed by atoms with Crippen molar-refractivity contribution >= 4 is 41.5 Å². The van der Waals surface area contributed by atoms with Crippen molar-refractivity contribution in [2.75, 3.05) is 57.3 Å². The number of likely N-dealkylation sites (tertiary alicyclic amines) is 1. The van der Waals surface area contributed by atoms with E-state index in [2.05, 4.69) is 15.2 Å². The normalized spacial score (nSPS) is 17.8. The van der Waals surface area contributed by atoms with Crippen LogP contribution in [0, 0.1) is 11.6 Å². The number of carbonyl (C=O) groups is 1. The fourth-order valence-electron chi connectivity index (χ4n) is 3.70. The van der Waals surface area contributed by atoms with Gasteiger partial charge in [0.1, 0.15) is 18.2 Å². The molecule has 29 heavy (non-hydrogen) atoms.